The number of carbonyl (C=O) groups excluding carboxylic acids is 1. The lowest BCUT2D eigenvalue weighted by Crippen LogP contribution is -2.46. The first-order valence-corrected chi connectivity index (χ1v) is 8.27. The molecule has 1 aromatic carbocycles. The summed E-state index contributed by atoms with van der Waals surface area (Å²) in [6.45, 7) is 6.06. The third-order valence-corrected chi connectivity index (χ3v) is 3.76. The highest BCUT2D eigenvalue weighted by Gasteiger charge is 2.25. The Labute approximate surface area is 142 Å². The van der Waals surface area contributed by atoms with Crippen molar-refractivity contribution in [1.82, 2.24) is 4.90 Å². The largest absolute Gasteiger partial charge is 0.493 e. The maximum absolute atomic E-state index is 12.4. The summed E-state index contributed by atoms with van der Waals surface area (Å²) >= 11 is 0. The summed E-state index contributed by atoms with van der Waals surface area (Å²) in [5.41, 5.74) is 0.915. The molecule has 0 aromatic heterocycles. The number of benzene rings is 1. The van der Waals surface area contributed by atoms with Gasteiger partial charge in [0.05, 0.1) is 32.2 Å². The van der Waals surface area contributed by atoms with Crippen molar-refractivity contribution in [3.8, 4) is 5.75 Å². The molecule has 0 unspecified atom stereocenters. The topological polar surface area (TPSA) is 76.1 Å². The standard InChI is InChI=1S/C18H25NO5/c1-13(2)12-24-15-5-3-14(4-6-15)9-17(20)19-7-8-23-16(11-19)10-18(21)22/h3-6,13,16H,7-12H2,1-2H3,(H,21,22)/t16-/m1/s1. The smallest absolute Gasteiger partial charge is 0.306 e. The molecule has 0 aliphatic carbocycles. The average Bonchev–Trinajstić information content (AvgIpc) is 2.53. The molecule has 2 rings (SSSR count). The number of ether oxygens (including phenoxy) is 2. The molecular weight excluding hydrogens is 310 g/mol. The van der Waals surface area contributed by atoms with E-state index >= 15 is 0 Å². The summed E-state index contributed by atoms with van der Waals surface area (Å²) in [5, 5.41) is 8.83. The van der Waals surface area contributed by atoms with Crippen LogP contribution < -0.4 is 4.74 Å². The van der Waals surface area contributed by atoms with Gasteiger partial charge in [-0.3, -0.25) is 9.59 Å². The van der Waals surface area contributed by atoms with Gasteiger partial charge in [-0.05, 0) is 23.6 Å². The first-order valence-electron chi connectivity index (χ1n) is 8.27. The van der Waals surface area contributed by atoms with Gasteiger partial charge in [-0.25, -0.2) is 0 Å². The Morgan fingerprint density at radius 1 is 1.33 bits per heavy atom. The minimum absolute atomic E-state index is 0.00969. The van der Waals surface area contributed by atoms with Gasteiger partial charge >= 0.3 is 5.97 Å². The fourth-order valence-electron chi connectivity index (χ4n) is 2.52. The normalized spacial score (nSPS) is 17.8. The second-order valence-corrected chi connectivity index (χ2v) is 6.46. The molecule has 1 atom stereocenters. The van der Waals surface area contributed by atoms with Crippen LogP contribution in [-0.2, 0) is 20.7 Å². The van der Waals surface area contributed by atoms with Crippen molar-refractivity contribution in [3.63, 3.8) is 0 Å². The number of nitrogens with zero attached hydrogens (tertiary/aromatic N) is 1. The Bertz CT molecular complexity index is 555. The van der Waals surface area contributed by atoms with Gasteiger partial charge in [0.25, 0.3) is 0 Å². The fourth-order valence-corrected chi connectivity index (χ4v) is 2.52. The molecular formula is C18H25NO5. The van der Waals surface area contributed by atoms with Crippen molar-refractivity contribution >= 4 is 11.9 Å². The summed E-state index contributed by atoms with van der Waals surface area (Å²) in [6.07, 6.45) is -0.206. The number of aliphatic carboxylic acids is 1. The second kappa shape index (κ2) is 8.68. The molecule has 1 aromatic rings. The minimum Gasteiger partial charge on any atom is -0.493 e. The number of carboxylic acids is 1. The summed E-state index contributed by atoms with van der Waals surface area (Å²) in [7, 11) is 0. The molecule has 1 aliphatic heterocycles. The molecule has 0 bridgehead atoms. The third kappa shape index (κ3) is 5.85. The Morgan fingerprint density at radius 3 is 2.67 bits per heavy atom. The zero-order valence-corrected chi connectivity index (χ0v) is 14.2. The highest BCUT2D eigenvalue weighted by molar-refractivity contribution is 5.79. The number of rotatable bonds is 7. The van der Waals surface area contributed by atoms with E-state index in [2.05, 4.69) is 13.8 Å². The number of carbonyl (C=O) groups is 2. The molecule has 0 radical (unpaired) electrons. The van der Waals surface area contributed by atoms with Crippen molar-refractivity contribution in [2.75, 3.05) is 26.3 Å². The summed E-state index contributed by atoms with van der Waals surface area (Å²) in [5.74, 6) is 0.343. The highest BCUT2D eigenvalue weighted by atomic mass is 16.5. The number of hydrogen-bond donors (Lipinski definition) is 1. The van der Waals surface area contributed by atoms with Crippen molar-refractivity contribution < 1.29 is 24.2 Å². The second-order valence-electron chi connectivity index (χ2n) is 6.46. The summed E-state index contributed by atoms with van der Waals surface area (Å²) in [6, 6.07) is 7.53. The lowest BCUT2D eigenvalue weighted by atomic mass is 10.1. The van der Waals surface area contributed by atoms with Gasteiger partial charge < -0.3 is 19.5 Å². The summed E-state index contributed by atoms with van der Waals surface area (Å²) < 4.78 is 11.0. The van der Waals surface area contributed by atoms with E-state index in [9.17, 15) is 9.59 Å². The van der Waals surface area contributed by atoms with E-state index in [1.54, 1.807) is 4.90 Å². The molecule has 0 saturated carbocycles. The molecule has 1 heterocycles. The van der Waals surface area contributed by atoms with Crippen LogP contribution >= 0.6 is 0 Å². The van der Waals surface area contributed by atoms with Crippen LogP contribution in [0.3, 0.4) is 0 Å². The number of morpholine rings is 1. The van der Waals surface area contributed by atoms with Crippen LogP contribution in [0.15, 0.2) is 24.3 Å². The van der Waals surface area contributed by atoms with E-state index in [-0.39, 0.29) is 12.3 Å². The predicted octanol–water partition coefficient (Wildman–Crippen LogP) is 1.97. The Balaban J connectivity index is 1.86. The molecule has 1 aliphatic rings. The third-order valence-electron chi connectivity index (χ3n) is 3.76. The Kier molecular flexibility index (Phi) is 6.61. The Hall–Kier alpha value is -2.08. The van der Waals surface area contributed by atoms with E-state index in [1.165, 1.54) is 0 Å². The van der Waals surface area contributed by atoms with Crippen LogP contribution in [0.1, 0.15) is 25.8 Å². The highest BCUT2D eigenvalue weighted by Crippen LogP contribution is 2.15. The van der Waals surface area contributed by atoms with Crippen molar-refractivity contribution in [3.05, 3.63) is 29.8 Å². The molecule has 1 saturated heterocycles. The minimum atomic E-state index is -0.911. The first-order chi connectivity index (χ1) is 11.4. The molecule has 6 heteroatoms. The van der Waals surface area contributed by atoms with E-state index in [0.29, 0.717) is 38.6 Å². The van der Waals surface area contributed by atoms with Gasteiger partial charge in [-0.1, -0.05) is 26.0 Å². The van der Waals surface area contributed by atoms with Gasteiger partial charge in [0, 0.05) is 13.1 Å². The zero-order chi connectivity index (χ0) is 17.5. The van der Waals surface area contributed by atoms with Crippen LogP contribution in [-0.4, -0.2) is 54.3 Å². The van der Waals surface area contributed by atoms with E-state index in [4.69, 9.17) is 14.6 Å². The van der Waals surface area contributed by atoms with Gasteiger partial charge in [-0.15, -0.1) is 0 Å². The van der Waals surface area contributed by atoms with Crippen LogP contribution in [0.5, 0.6) is 5.75 Å². The van der Waals surface area contributed by atoms with Crippen LogP contribution in [0.2, 0.25) is 0 Å². The van der Waals surface area contributed by atoms with Gasteiger partial charge in [0.15, 0.2) is 0 Å². The fraction of sp³-hybridized carbons (Fsp3) is 0.556. The monoisotopic (exact) mass is 335 g/mol. The van der Waals surface area contributed by atoms with Gasteiger partial charge in [-0.2, -0.15) is 0 Å². The number of hydrogen-bond acceptors (Lipinski definition) is 4. The molecule has 132 valence electrons. The SMILES string of the molecule is CC(C)COc1ccc(CC(=O)N2CCO[C@H](CC(=O)O)C2)cc1. The van der Waals surface area contributed by atoms with Crippen LogP contribution in [0, 0.1) is 5.92 Å². The predicted molar refractivity (Wildman–Crippen MR) is 89.1 cm³/mol. The van der Waals surface area contributed by atoms with Crippen molar-refractivity contribution in [2.45, 2.75) is 32.8 Å². The maximum atomic E-state index is 12.4. The number of carboxylic acid groups (broad SMARTS) is 1. The van der Waals surface area contributed by atoms with Crippen molar-refractivity contribution in [1.29, 1.82) is 0 Å². The zero-order valence-electron chi connectivity index (χ0n) is 14.2. The average molecular weight is 335 g/mol. The first kappa shape index (κ1) is 18.3. The molecule has 1 fully saturated rings. The molecule has 1 amide bonds. The van der Waals surface area contributed by atoms with Crippen molar-refractivity contribution in [2.24, 2.45) is 5.92 Å². The molecule has 6 nitrogen and oxygen atoms in total. The quantitative estimate of drug-likeness (QED) is 0.824. The van der Waals surface area contributed by atoms with E-state index in [0.717, 1.165) is 11.3 Å². The lowest BCUT2D eigenvalue weighted by molar-refractivity contribution is -0.147. The Morgan fingerprint density at radius 2 is 2.04 bits per heavy atom. The molecule has 0 spiro atoms. The summed E-state index contributed by atoms with van der Waals surface area (Å²) in [4.78, 5) is 24.8. The van der Waals surface area contributed by atoms with E-state index in [1.807, 2.05) is 24.3 Å². The lowest BCUT2D eigenvalue weighted by Gasteiger charge is -2.32. The van der Waals surface area contributed by atoms with Crippen LogP contribution in [0.25, 0.3) is 0 Å². The number of amides is 1. The molecule has 24 heavy (non-hydrogen) atoms. The van der Waals surface area contributed by atoms with Crippen LogP contribution in [0.4, 0.5) is 0 Å². The van der Waals surface area contributed by atoms with E-state index < -0.39 is 12.1 Å². The molecule has 1 N–H and O–H groups in total. The maximum Gasteiger partial charge on any atom is 0.306 e. The van der Waals surface area contributed by atoms with Gasteiger partial charge in [0.2, 0.25) is 5.91 Å². The van der Waals surface area contributed by atoms with Gasteiger partial charge in [0.1, 0.15) is 5.75 Å².